The van der Waals surface area contributed by atoms with Gasteiger partial charge in [-0.3, -0.25) is 4.79 Å². The zero-order valence-corrected chi connectivity index (χ0v) is 16.4. The van der Waals surface area contributed by atoms with Crippen molar-refractivity contribution in [3.63, 3.8) is 0 Å². The molecule has 0 bridgehead atoms. The van der Waals surface area contributed by atoms with Crippen molar-refractivity contribution in [3.05, 3.63) is 53.7 Å². The molecule has 0 saturated carbocycles. The van der Waals surface area contributed by atoms with Crippen molar-refractivity contribution in [2.24, 2.45) is 0 Å². The molecule has 0 spiro atoms. The lowest BCUT2D eigenvalue weighted by molar-refractivity contribution is 0.0766. The molecule has 1 amide bonds. The standard InChI is InChI=1S/C22H28N4O2/c1-17-5-2-6-18(15-17)28-19-9-13-26(16-19)22(27)20-7-3-8-21(24-20)25-12-4-10-23-11-14-25/h2-3,5-8,15,19,23H,4,9-14,16H2,1H3/t19-/m0/s1. The van der Waals surface area contributed by atoms with Crippen LogP contribution < -0.4 is 15.0 Å². The highest BCUT2D eigenvalue weighted by atomic mass is 16.5. The molecule has 1 aromatic carbocycles. The van der Waals surface area contributed by atoms with Gasteiger partial charge in [0.2, 0.25) is 0 Å². The largest absolute Gasteiger partial charge is 0.489 e. The van der Waals surface area contributed by atoms with Gasteiger partial charge in [-0.2, -0.15) is 0 Å². The van der Waals surface area contributed by atoms with E-state index in [-0.39, 0.29) is 12.0 Å². The van der Waals surface area contributed by atoms with Crippen LogP contribution in [-0.2, 0) is 0 Å². The minimum Gasteiger partial charge on any atom is -0.489 e. The number of hydrogen-bond donors (Lipinski definition) is 1. The summed E-state index contributed by atoms with van der Waals surface area (Å²) in [6.07, 6.45) is 1.96. The van der Waals surface area contributed by atoms with Gasteiger partial charge in [0.25, 0.3) is 5.91 Å². The summed E-state index contributed by atoms with van der Waals surface area (Å²) >= 11 is 0. The molecule has 2 aromatic rings. The second-order valence-corrected chi connectivity index (χ2v) is 7.57. The Kier molecular flexibility index (Phi) is 5.76. The monoisotopic (exact) mass is 380 g/mol. The first kappa shape index (κ1) is 18.7. The Hall–Kier alpha value is -2.60. The molecule has 0 radical (unpaired) electrons. The number of aryl methyl sites for hydroxylation is 1. The van der Waals surface area contributed by atoms with Crippen LogP contribution in [0.2, 0.25) is 0 Å². The molecule has 2 aliphatic heterocycles. The number of ether oxygens (including phenoxy) is 1. The molecule has 28 heavy (non-hydrogen) atoms. The molecule has 0 aliphatic carbocycles. The molecule has 0 unspecified atom stereocenters. The number of nitrogens with zero attached hydrogens (tertiary/aromatic N) is 3. The average Bonchev–Trinajstić information content (AvgIpc) is 2.99. The van der Waals surface area contributed by atoms with Gasteiger partial charge in [0.1, 0.15) is 23.4 Å². The molecule has 4 rings (SSSR count). The third-order valence-corrected chi connectivity index (χ3v) is 5.34. The van der Waals surface area contributed by atoms with E-state index < -0.39 is 0 Å². The number of benzene rings is 1. The fourth-order valence-corrected chi connectivity index (χ4v) is 3.85. The van der Waals surface area contributed by atoms with Crippen LogP contribution in [-0.4, -0.2) is 61.2 Å². The summed E-state index contributed by atoms with van der Waals surface area (Å²) in [5, 5.41) is 3.40. The molecule has 148 valence electrons. The van der Waals surface area contributed by atoms with Gasteiger partial charge in [0, 0.05) is 32.6 Å². The molecular formula is C22H28N4O2. The first-order chi connectivity index (χ1) is 13.7. The Morgan fingerprint density at radius 1 is 1.14 bits per heavy atom. The van der Waals surface area contributed by atoms with Crippen LogP contribution in [0.4, 0.5) is 5.82 Å². The van der Waals surface area contributed by atoms with Crippen LogP contribution in [0.5, 0.6) is 5.75 Å². The van der Waals surface area contributed by atoms with Gasteiger partial charge < -0.3 is 19.9 Å². The Labute approximate surface area is 166 Å². The SMILES string of the molecule is Cc1cccc(O[C@H]2CCN(C(=O)c3cccc(N4CCCNCC4)n3)C2)c1. The van der Waals surface area contributed by atoms with Crippen molar-refractivity contribution in [3.8, 4) is 5.75 Å². The number of carbonyl (C=O) groups excluding carboxylic acids is 1. The van der Waals surface area contributed by atoms with Gasteiger partial charge in [-0.15, -0.1) is 0 Å². The number of carbonyl (C=O) groups is 1. The highest BCUT2D eigenvalue weighted by Gasteiger charge is 2.29. The average molecular weight is 380 g/mol. The number of amides is 1. The van der Waals surface area contributed by atoms with E-state index in [0.717, 1.165) is 50.6 Å². The molecule has 1 aromatic heterocycles. The van der Waals surface area contributed by atoms with Crippen molar-refractivity contribution in [2.75, 3.05) is 44.2 Å². The molecule has 3 heterocycles. The number of likely N-dealkylation sites (tertiary alicyclic amines) is 1. The molecule has 6 heteroatoms. The van der Waals surface area contributed by atoms with Crippen molar-refractivity contribution < 1.29 is 9.53 Å². The fraction of sp³-hybridized carbons (Fsp3) is 0.455. The lowest BCUT2D eigenvalue weighted by atomic mass is 10.2. The molecule has 2 saturated heterocycles. The van der Waals surface area contributed by atoms with Crippen LogP contribution in [0.15, 0.2) is 42.5 Å². The summed E-state index contributed by atoms with van der Waals surface area (Å²) in [5.41, 5.74) is 1.69. The predicted molar refractivity (Wildman–Crippen MR) is 110 cm³/mol. The van der Waals surface area contributed by atoms with Gasteiger partial charge in [-0.05, 0) is 49.7 Å². The maximum absolute atomic E-state index is 13.0. The highest BCUT2D eigenvalue weighted by molar-refractivity contribution is 5.93. The lowest BCUT2D eigenvalue weighted by Gasteiger charge is -2.22. The van der Waals surface area contributed by atoms with E-state index in [2.05, 4.69) is 28.2 Å². The summed E-state index contributed by atoms with van der Waals surface area (Å²) in [6, 6.07) is 13.8. The van der Waals surface area contributed by atoms with Gasteiger partial charge in [-0.1, -0.05) is 18.2 Å². The number of aromatic nitrogens is 1. The van der Waals surface area contributed by atoms with Crippen LogP contribution in [0.3, 0.4) is 0 Å². The van der Waals surface area contributed by atoms with Gasteiger partial charge in [0.05, 0.1) is 6.54 Å². The number of hydrogen-bond acceptors (Lipinski definition) is 5. The molecule has 6 nitrogen and oxygen atoms in total. The summed E-state index contributed by atoms with van der Waals surface area (Å²) in [5.74, 6) is 1.75. The van der Waals surface area contributed by atoms with Crippen molar-refractivity contribution in [1.29, 1.82) is 0 Å². The predicted octanol–water partition coefficient (Wildman–Crippen LogP) is 2.48. The summed E-state index contributed by atoms with van der Waals surface area (Å²) < 4.78 is 6.08. The van der Waals surface area contributed by atoms with Crippen LogP contribution >= 0.6 is 0 Å². The van der Waals surface area contributed by atoms with E-state index in [1.54, 1.807) is 0 Å². The second kappa shape index (κ2) is 8.61. The van der Waals surface area contributed by atoms with Crippen molar-refractivity contribution in [1.82, 2.24) is 15.2 Å². The topological polar surface area (TPSA) is 57.7 Å². The summed E-state index contributed by atoms with van der Waals surface area (Å²) in [7, 11) is 0. The second-order valence-electron chi connectivity index (χ2n) is 7.57. The Morgan fingerprint density at radius 2 is 2.04 bits per heavy atom. The van der Waals surface area contributed by atoms with E-state index in [9.17, 15) is 4.79 Å². The van der Waals surface area contributed by atoms with Gasteiger partial charge in [0.15, 0.2) is 0 Å². The van der Waals surface area contributed by atoms with E-state index in [1.807, 2.05) is 41.3 Å². The Bertz CT molecular complexity index is 818. The zero-order valence-electron chi connectivity index (χ0n) is 16.4. The van der Waals surface area contributed by atoms with Crippen molar-refractivity contribution >= 4 is 11.7 Å². The third kappa shape index (κ3) is 4.44. The molecule has 1 N–H and O–H groups in total. The van der Waals surface area contributed by atoms with Crippen LogP contribution in [0.1, 0.15) is 28.9 Å². The van der Waals surface area contributed by atoms with Gasteiger partial charge in [-0.25, -0.2) is 4.98 Å². The Balaban J connectivity index is 1.40. The first-order valence-electron chi connectivity index (χ1n) is 10.1. The molecule has 2 fully saturated rings. The minimum atomic E-state index is -0.00913. The maximum Gasteiger partial charge on any atom is 0.272 e. The first-order valence-corrected chi connectivity index (χ1v) is 10.1. The van der Waals surface area contributed by atoms with Gasteiger partial charge >= 0.3 is 0 Å². The van der Waals surface area contributed by atoms with Crippen molar-refractivity contribution in [2.45, 2.75) is 25.9 Å². The molecular weight excluding hydrogens is 352 g/mol. The minimum absolute atomic E-state index is 0.00913. The molecule has 1 atom stereocenters. The highest BCUT2D eigenvalue weighted by Crippen LogP contribution is 2.21. The smallest absolute Gasteiger partial charge is 0.272 e. The Morgan fingerprint density at radius 3 is 2.93 bits per heavy atom. The number of pyridine rings is 1. The zero-order chi connectivity index (χ0) is 19.3. The van der Waals surface area contributed by atoms with E-state index >= 15 is 0 Å². The fourth-order valence-electron chi connectivity index (χ4n) is 3.85. The summed E-state index contributed by atoms with van der Waals surface area (Å²) in [4.78, 5) is 21.8. The van der Waals surface area contributed by atoms with E-state index in [4.69, 9.17) is 4.74 Å². The summed E-state index contributed by atoms with van der Waals surface area (Å²) in [6.45, 7) is 7.22. The number of nitrogens with one attached hydrogen (secondary N) is 1. The maximum atomic E-state index is 13.0. The lowest BCUT2D eigenvalue weighted by Crippen LogP contribution is -2.32. The van der Waals surface area contributed by atoms with Crippen LogP contribution in [0.25, 0.3) is 0 Å². The number of anilines is 1. The number of rotatable bonds is 4. The molecule has 2 aliphatic rings. The quantitative estimate of drug-likeness (QED) is 0.883. The normalized spacial score (nSPS) is 20.1. The van der Waals surface area contributed by atoms with E-state index in [0.29, 0.717) is 18.8 Å². The third-order valence-electron chi connectivity index (χ3n) is 5.34. The van der Waals surface area contributed by atoms with E-state index in [1.165, 1.54) is 5.56 Å². The van der Waals surface area contributed by atoms with Crippen LogP contribution in [0, 0.1) is 6.92 Å².